The van der Waals surface area contributed by atoms with Gasteiger partial charge in [-0.05, 0) is 35.7 Å². The quantitative estimate of drug-likeness (QED) is 0.328. The number of thiophene rings is 1. The van der Waals surface area contributed by atoms with Crippen LogP contribution in [0.5, 0.6) is 5.75 Å². The first-order valence-corrected chi connectivity index (χ1v) is 12.0. The van der Waals surface area contributed by atoms with E-state index in [1.807, 2.05) is 53.9 Å². The number of fused-ring (bicyclic) bond motifs is 2. The van der Waals surface area contributed by atoms with Crippen molar-refractivity contribution in [3.8, 4) is 16.3 Å². The molecule has 0 spiro atoms. The van der Waals surface area contributed by atoms with Gasteiger partial charge in [0.15, 0.2) is 4.80 Å². The number of carbonyl (C=O) groups is 2. The van der Waals surface area contributed by atoms with Gasteiger partial charge >= 0.3 is 5.97 Å². The molecule has 0 aliphatic carbocycles. The lowest BCUT2D eigenvalue weighted by Gasteiger charge is -2.08. The number of nitrogens with zero attached hydrogens (tertiary/aromatic N) is 3. The van der Waals surface area contributed by atoms with Gasteiger partial charge in [0.2, 0.25) is 0 Å². The zero-order chi connectivity index (χ0) is 23.7. The van der Waals surface area contributed by atoms with Crippen molar-refractivity contribution < 1.29 is 19.1 Å². The molecule has 3 heterocycles. The number of methoxy groups -OCH3 is 2. The van der Waals surface area contributed by atoms with E-state index in [9.17, 15) is 9.59 Å². The second kappa shape index (κ2) is 9.20. The van der Waals surface area contributed by atoms with Crippen LogP contribution in [0.2, 0.25) is 0 Å². The number of pyridine rings is 1. The Morgan fingerprint density at radius 2 is 1.91 bits per heavy atom. The molecule has 0 aliphatic rings. The fraction of sp³-hybridized carbons (Fsp3) is 0.120. The van der Waals surface area contributed by atoms with Gasteiger partial charge in [-0.25, -0.2) is 4.98 Å². The van der Waals surface area contributed by atoms with Crippen LogP contribution < -0.4 is 9.54 Å². The second-order valence-electron chi connectivity index (χ2n) is 7.32. The second-order valence-corrected chi connectivity index (χ2v) is 9.28. The summed E-state index contributed by atoms with van der Waals surface area (Å²) < 4.78 is 12.9. The minimum Gasteiger partial charge on any atom is -0.495 e. The average Bonchev–Trinajstić information content (AvgIpc) is 3.52. The number of hydrogen-bond donors (Lipinski definition) is 0. The number of rotatable bonds is 5. The van der Waals surface area contributed by atoms with Gasteiger partial charge in [-0.2, -0.15) is 4.99 Å². The molecule has 0 bridgehead atoms. The smallest absolute Gasteiger partial charge is 0.325 e. The summed E-state index contributed by atoms with van der Waals surface area (Å²) in [7, 11) is 2.89. The van der Waals surface area contributed by atoms with Crippen molar-refractivity contribution in [2.45, 2.75) is 6.54 Å². The van der Waals surface area contributed by atoms with Crippen molar-refractivity contribution in [1.82, 2.24) is 9.55 Å². The van der Waals surface area contributed by atoms with Crippen LogP contribution in [-0.4, -0.2) is 35.6 Å². The number of amides is 1. The summed E-state index contributed by atoms with van der Waals surface area (Å²) in [6, 6.07) is 18.8. The Kier molecular flexibility index (Phi) is 5.95. The highest BCUT2D eigenvalue weighted by atomic mass is 32.1. The molecule has 0 N–H and O–H groups in total. The van der Waals surface area contributed by atoms with E-state index >= 15 is 0 Å². The summed E-state index contributed by atoms with van der Waals surface area (Å²) >= 11 is 2.87. The van der Waals surface area contributed by atoms with E-state index < -0.39 is 11.9 Å². The summed E-state index contributed by atoms with van der Waals surface area (Å²) in [4.78, 5) is 36.2. The SMILES string of the molecule is COC(=O)Cn1c(=NC(=O)c2cc(-c3cccs3)nc3ccccc23)sc2cccc(OC)c21. The predicted octanol–water partition coefficient (Wildman–Crippen LogP) is 4.90. The van der Waals surface area contributed by atoms with Crippen LogP contribution in [-0.2, 0) is 16.1 Å². The average molecular weight is 490 g/mol. The molecule has 0 fully saturated rings. The third kappa shape index (κ3) is 4.00. The predicted molar refractivity (Wildman–Crippen MR) is 133 cm³/mol. The van der Waals surface area contributed by atoms with Crippen molar-refractivity contribution in [2.75, 3.05) is 14.2 Å². The lowest BCUT2D eigenvalue weighted by molar-refractivity contribution is -0.141. The van der Waals surface area contributed by atoms with Gasteiger partial charge in [-0.3, -0.25) is 9.59 Å². The van der Waals surface area contributed by atoms with Crippen molar-refractivity contribution in [3.63, 3.8) is 0 Å². The van der Waals surface area contributed by atoms with Gasteiger partial charge in [-0.1, -0.05) is 41.7 Å². The first kappa shape index (κ1) is 22.0. The minimum atomic E-state index is -0.450. The number of para-hydroxylation sites is 2. The molecule has 0 aliphatic heterocycles. The summed E-state index contributed by atoms with van der Waals surface area (Å²) in [5.74, 6) is -0.282. The molecule has 2 aromatic carbocycles. The summed E-state index contributed by atoms with van der Waals surface area (Å²) in [5.41, 5.74) is 2.56. The van der Waals surface area contributed by atoms with E-state index in [2.05, 4.69) is 4.99 Å². The number of thiazole rings is 1. The van der Waals surface area contributed by atoms with Crippen molar-refractivity contribution in [2.24, 2.45) is 4.99 Å². The van der Waals surface area contributed by atoms with Crippen LogP contribution in [0.1, 0.15) is 10.4 Å². The van der Waals surface area contributed by atoms with Gasteiger partial charge in [0, 0.05) is 5.39 Å². The molecule has 0 radical (unpaired) electrons. The molecule has 0 saturated heterocycles. The molecule has 7 nitrogen and oxygen atoms in total. The largest absolute Gasteiger partial charge is 0.495 e. The monoisotopic (exact) mass is 489 g/mol. The van der Waals surface area contributed by atoms with Crippen LogP contribution in [0, 0.1) is 0 Å². The Hall–Kier alpha value is -3.82. The van der Waals surface area contributed by atoms with Crippen LogP contribution in [0.4, 0.5) is 0 Å². The van der Waals surface area contributed by atoms with Crippen molar-refractivity contribution in [1.29, 1.82) is 0 Å². The zero-order valence-corrected chi connectivity index (χ0v) is 20.0. The Morgan fingerprint density at radius 1 is 1.06 bits per heavy atom. The number of carbonyl (C=O) groups excluding carboxylic acids is 2. The topological polar surface area (TPSA) is 82.8 Å². The van der Waals surface area contributed by atoms with Crippen LogP contribution in [0.25, 0.3) is 31.7 Å². The number of benzene rings is 2. The van der Waals surface area contributed by atoms with Gasteiger partial charge in [-0.15, -0.1) is 11.3 Å². The van der Waals surface area contributed by atoms with E-state index in [1.54, 1.807) is 35.1 Å². The summed E-state index contributed by atoms with van der Waals surface area (Å²) in [6.45, 7) is -0.0967. The maximum Gasteiger partial charge on any atom is 0.325 e. The maximum absolute atomic E-state index is 13.5. The lowest BCUT2D eigenvalue weighted by atomic mass is 10.1. The molecule has 170 valence electrons. The summed E-state index contributed by atoms with van der Waals surface area (Å²) in [6.07, 6.45) is 0. The zero-order valence-electron chi connectivity index (χ0n) is 18.3. The maximum atomic E-state index is 13.5. The molecule has 0 saturated carbocycles. The van der Waals surface area contributed by atoms with Gasteiger partial charge < -0.3 is 14.0 Å². The molecule has 3 aromatic heterocycles. The minimum absolute atomic E-state index is 0.0967. The molecular formula is C25H19N3O4S2. The van der Waals surface area contributed by atoms with Gasteiger partial charge in [0.25, 0.3) is 5.91 Å². The first-order chi connectivity index (χ1) is 16.6. The Morgan fingerprint density at radius 3 is 2.68 bits per heavy atom. The molecule has 34 heavy (non-hydrogen) atoms. The number of hydrogen-bond acceptors (Lipinski definition) is 7. The van der Waals surface area contributed by atoms with E-state index in [1.165, 1.54) is 18.4 Å². The molecule has 5 rings (SSSR count). The van der Waals surface area contributed by atoms with E-state index in [4.69, 9.17) is 14.5 Å². The standard InChI is InChI=1S/C25H19N3O4S2/c1-31-19-9-5-10-21-23(19)28(14-22(29)32-2)25(34-21)27-24(30)16-13-18(20-11-6-12-33-20)26-17-8-4-3-7-15(16)17/h3-13H,14H2,1-2H3. The van der Waals surface area contributed by atoms with E-state index in [0.29, 0.717) is 32.8 Å². The van der Waals surface area contributed by atoms with Crippen LogP contribution >= 0.6 is 22.7 Å². The Bertz CT molecular complexity index is 1600. The van der Waals surface area contributed by atoms with Gasteiger partial charge in [0.1, 0.15) is 17.8 Å². The highest BCUT2D eigenvalue weighted by Crippen LogP contribution is 2.29. The highest BCUT2D eigenvalue weighted by Gasteiger charge is 2.18. The van der Waals surface area contributed by atoms with E-state index in [-0.39, 0.29) is 6.54 Å². The first-order valence-electron chi connectivity index (χ1n) is 10.3. The highest BCUT2D eigenvalue weighted by molar-refractivity contribution is 7.16. The molecule has 1 amide bonds. The van der Waals surface area contributed by atoms with Crippen LogP contribution in [0.15, 0.2) is 71.0 Å². The fourth-order valence-corrected chi connectivity index (χ4v) is 5.47. The molecule has 0 atom stereocenters. The number of aromatic nitrogens is 2. The summed E-state index contributed by atoms with van der Waals surface area (Å²) in [5, 5.41) is 2.69. The van der Waals surface area contributed by atoms with Crippen LogP contribution in [0.3, 0.4) is 0 Å². The number of ether oxygens (including phenoxy) is 2. The molecular weight excluding hydrogens is 470 g/mol. The molecule has 5 aromatic rings. The normalized spacial score (nSPS) is 11.8. The fourth-order valence-electron chi connectivity index (χ4n) is 3.74. The molecule has 9 heteroatoms. The number of esters is 1. The van der Waals surface area contributed by atoms with Gasteiger partial charge in [0.05, 0.1) is 40.6 Å². The Balaban J connectivity index is 1.72. The third-order valence-corrected chi connectivity index (χ3v) is 7.25. The molecule has 0 unspecified atom stereocenters. The van der Waals surface area contributed by atoms with Crippen molar-refractivity contribution >= 4 is 55.7 Å². The lowest BCUT2D eigenvalue weighted by Crippen LogP contribution is -2.22. The third-order valence-electron chi connectivity index (χ3n) is 5.32. The Labute approximate surface area is 202 Å². The van der Waals surface area contributed by atoms with Crippen molar-refractivity contribution in [3.05, 3.63) is 76.4 Å². The van der Waals surface area contributed by atoms with E-state index in [0.717, 1.165) is 15.0 Å².